The van der Waals surface area contributed by atoms with E-state index in [9.17, 15) is 14.0 Å². The number of aromatic nitrogens is 2. The van der Waals surface area contributed by atoms with Gasteiger partial charge in [-0.25, -0.2) is 9.18 Å². The van der Waals surface area contributed by atoms with Crippen LogP contribution in [0, 0.1) is 19.7 Å². The number of benzene rings is 2. The second-order valence-corrected chi connectivity index (χ2v) is 8.38. The third-order valence-corrected chi connectivity index (χ3v) is 6.27. The number of nitrogens with zero attached hydrogens (tertiary/aromatic N) is 2. The Kier molecular flexibility index (Phi) is 5.29. The Morgan fingerprint density at radius 1 is 1.06 bits per heavy atom. The molecule has 0 saturated heterocycles. The minimum absolute atomic E-state index is 0.278. The first kappa shape index (κ1) is 21.1. The number of ether oxygens (including phenoxy) is 1. The standard InChI is InChI=1S/C27H23FN2O3/c1-16-14-22(17(2)30(16)19-12-10-18(28)11-13-19)25(31)15-33-27(32)26-20-6-3-4-8-23(20)29-24-9-5-7-21(24)26/h3-4,6,8,10-14H,5,7,9,15H2,1-2H3. The predicted octanol–water partition coefficient (Wildman–Crippen LogP) is 5.31. The van der Waals surface area contributed by atoms with Gasteiger partial charge in [-0.15, -0.1) is 0 Å². The molecule has 1 aliphatic rings. The molecular weight excluding hydrogens is 419 g/mol. The predicted molar refractivity (Wildman–Crippen MR) is 124 cm³/mol. The van der Waals surface area contributed by atoms with Gasteiger partial charge >= 0.3 is 5.97 Å². The zero-order chi connectivity index (χ0) is 23.1. The number of esters is 1. The molecule has 0 atom stereocenters. The van der Waals surface area contributed by atoms with Gasteiger partial charge in [0.05, 0.1) is 11.1 Å². The van der Waals surface area contributed by atoms with Crippen LogP contribution >= 0.6 is 0 Å². The fraction of sp³-hybridized carbons (Fsp3) is 0.222. The van der Waals surface area contributed by atoms with Gasteiger partial charge in [0, 0.05) is 33.7 Å². The van der Waals surface area contributed by atoms with Crippen molar-refractivity contribution in [2.75, 3.05) is 6.61 Å². The average Bonchev–Trinajstić information content (AvgIpc) is 3.39. The van der Waals surface area contributed by atoms with E-state index >= 15 is 0 Å². The molecule has 0 saturated carbocycles. The van der Waals surface area contributed by atoms with E-state index in [4.69, 9.17) is 9.72 Å². The Morgan fingerprint density at radius 3 is 2.61 bits per heavy atom. The van der Waals surface area contributed by atoms with Crippen molar-refractivity contribution in [3.8, 4) is 5.69 Å². The molecule has 33 heavy (non-hydrogen) atoms. The highest BCUT2D eigenvalue weighted by molar-refractivity contribution is 6.07. The van der Waals surface area contributed by atoms with Crippen LogP contribution in [0.3, 0.4) is 0 Å². The summed E-state index contributed by atoms with van der Waals surface area (Å²) in [5.74, 6) is -1.09. The summed E-state index contributed by atoms with van der Waals surface area (Å²) in [6.07, 6.45) is 2.58. The molecule has 5 rings (SSSR count). The number of rotatable bonds is 5. The third kappa shape index (κ3) is 3.71. The molecular formula is C27H23FN2O3. The van der Waals surface area contributed by atoms with Gasteiger partial charge < -0.3 is 9.30 Å². The lowest BCUT2D eigenvalue weighted by Gasteiger charge is -2.12. The number of hydrogen-bond acceptors (Lipinski definition) is 4. The zero-order valence-electron chi connectivity index (χ0n) is 18.5. The van der Waals surface area contributed by atoms with E-state index in [0.29, 0.717) is 11.1 Å². The smallest absolute Gasteiger partial charge is 0.339 e. The molecule has 0 bridgehead atoms. The first-order valence-corrected chi connectivity index (χ1v) is 11.0. The molecule has 4 aromatic rings. The van der Waals surface area contributed by atoms with Crippen LogP contribution in [0.15, 0.2) is 54.6 Å². The number of carbonyl (C=O) groups excluding carboxylic acids is 2. The van der Waals surface area contributed by atoms with Gasteiger partial charge in [-0.1, -0.05) is 18.2 Å². The molecule has 0 fully saturated rings. The molecule has 2 aromatic heterocycles. The number of aryl methyl sites for hydroxylation is 2. The van der Waals surface area contributed by atoms with E-state index in [1.807, 2.05) is 42.7 Å². The number of ketones is 1. The van der Waals surface area contributed by atoms with Gasteiger partial charge in [-0.3, -0.25) is 9.78 Å². The van der Waals surface area contributed by atoms with Gasteiger partial charge in [-0.2, -0.15) is 0 Å². The highest BCUT2D eigenvalue weighted by atomic mass is 19.1. The fourth-order valence-electron chi connectivity index (χ4n) is 4.76. The summed E-state index contributed by atoms with van der Waals surface area (Å²) in [4.78, 5) is 30.8. The molecule has 2 aromatic carbocycles. The molecule has 0 amide bonds. The Hall–Kier alpha value is -3.80. The molecule has 2 heterocycles. The number of pyridine rings is 1. The van der Waals surface area contributed by atoms with Gasteiger partial charge in [0.15, 0.2) is 6.61 Å². The molecule has 0 aliphatic heterocycles. The van der Waals surface area contributed by atoms with Crippen molar-refractivity contribution in [3.63, 3.8) is 0 Å². The van der Waals surface area contributed by atoms with E-state index < -0.39 is 5.97 Å². The van der Waals surface area contributed by atoms with Crippen molar-refractivity contribution < 1.29 is 18.7 Å². The lowest BCUT2D eigenvalue weighted by molar-refractivity contribution is 0.0475. The largest absolute Gasteiger partial charge is 0.454 e. The average molecular weight is 442 g/mol. The Balaban J connectivity index is 1.40. The second kappa shape index (κ2) is 8.28. The normalized spacial score (nSPS) is 12.7. The second-order valence-electron chi connectivity index (χ2n) is 8.38. The van der Waals surface area contributed by atoms with E-state index in [2.05, 4.69) is 0 Å². The molecule has 0 spiro atoms. The van der Waals surface area contributed by atoms with E-state index in [0.717, 1.165) is 58.5 Å². The summed E-state index contributed by atoms with van der Waals surface area (Å²) in [6.45, 7) is 3.36. The van der Waals surface area contributed by atoms with Crippen LogP contribution in [0.25, 0.3) is 16.6 Å². The van der Waals surface area contributed by atoms with Crippen LogP contribution in [0.4, 0.5) is 4.39 Å². The maximum atomic E-state index is 13.3. The summed E-state index contributed by atoms with van der Waals surface area (Å²) in [7, 11) is 0. The van der Waals surface area contributed by atoms with Crippen molar-refractivity contribution in [2.45, 2.75) is 33.1 Å². The summed E-state index contributed by atoms with van der Waals surface area (Å²) in [5, 5.41) is 0.755. The minimum atomic E-state index is -0.493. The van der Waals surface area contributed by atoms with Crippen molar-refractivity contribution in [1.82, 2.24) is 9.55 Å². The summed E-state index contributed by atoms with van der Waals surface area (Å²) in [5.41, 5.74) is 5.96. The zero-order valence-corrected chi connectivity index (χ0v) is 18.5. The highest BCUT2D eigenvalue weighted by Crippen LogP contribution is 2.30. The Bertz CT molecular complexity index is 1400. The monoisotopic (exact) mass is 442 g/mol. The van der Waals surface area contributed by atoms with Crippen molar-refractivity contribution >= 4 is 22.7 Å². The van der Waals surface area contributed by atoms with Crippen LogP contribution in [0.1, 0.15) is 49.8 Å². The first-order valence-electron chi connectivity index (χ1n) is 11.0. The fourth-order valence-corrected chi connectivity index (χ4v) is 4.76. The molecule has 0 N–H and O–H groups in total. The van der Waals surface area contributed by atoms with Gasteiger partial charge in [0.2, 0.25) is 5.78 Å². The maximum Gasteiger partial charge on any atom is 0.339 e. The van der Waals surface area contributed by atoms with Crippen molar-refractivity contribution in [3.05, 3.63) is 94.2 Å². The van der Waals surface area contributed by atoms with Crippen LogP contribution in [0.5, 0.6) is 0 Å². The molecule has 6 heteroatoms. The van der Waals surface area contributed by atoms with Crippen molar-refractivity contribution in [1.29, 1.82) is 0 Å². The van der Waals surface area contributed by atoms with Crippen LogP contribution in [-0.4, -0.2) is 27.9 Å². The third-order valence-electron chi connectivity index (χ3n) is 6.27. The number of hydrogen-bond donors (Lipinski definition) is 0. The van der Waals surface area contributed by atoms with Gasteiger partial charge in [0.25, 0.3) is 0 Å². The Labute approximate surface area is 190 Å². The number of fused-ring (bicyclic) bond motifs is 2. The molecule has 0 unspecified atom stereocenters. The molecule has 0 radical (unpaired) electrons. The number of carbonyl (C=O) groups is 2. The van der Waals surface area contributed by atoms with Crippen LogP contribution in [0.2, 0.25) is 0 Å². The van der Waals surface area contributed by atoms with E-state index in [1.165, 1.54) is 12.1 Å². The van der Waals surface area contributed by atoms with Gasteiger partial charge in [0.1, 0.15) is 5.82 Å². The molecule has 5 nitrogen and oxygen atoms in total. The maximum absolute atomic E-state index is 13.3. The lowest BCUT2D eigenvalue weighted by Crippen LogP contribution is -2.17. The Morgan fingerprint density at radius 2 is 1.82 bits per heavy atom. The van der Waals surface area contributed by atoms with Crippen molar-refractivity contribution in [2.24, 2.45) is 0 Å². The highest BCUT2D eigenvalue weighted by Gasteiger charge is 2.26. The number of para-hydroxylation sites is 1. The summed E-state index contributed by atoms with van der Waals surface area (Å²) >= 11 is 0. The topological polar surface area (TPSA) is 61.2 Å². The number of halogens is 1. The molecule has 1 aliphatic carbocycles. The van der Waals surface area contributed by atoms with Crippen LogP contribution in [-0.2, 0) is 17.6 Å². The summed E-state index contributed by atoms with van der Waals surface area (Å²) < 4.78 is 20.7. The SMILES string of the molecule is Cc1cc(C(=O)COC(=O)c2c3c(nc4ccccc24)CCC3)c(C)n1-c1ccc(F)cc1. The number of Topliss-reactive ketones (excluding diaryl/α,β-unsaturated/α-hetero) is 1. The quantitative estimate of drug-likeness (QED) is 0.310. The van der Waals surface area contributed by atoms with E-state index in [-0.39, 0.29) is 18.2 Å². The van der Waals surface area contributed by atoms with Crippen LogP contribution < -0.4 is 0 Å². The van der Waals surface area contributed by atoms with E-state index in [1.54, 1.807) is 18.2 Å². The lowest BCUT2D eigenvalue weighted by atomic mass is 10.0. The first-order chi connectivity index (χ1) is 15.9. The minimum Gasteiger partial charge on any atom is -0.454 e. The van der Waals surface area contributed by atoms with Gasteiger partial charge in [-0.05, 0) is 75.1 Å². The summed E-state index contributed by atoms with van der Waals surface area (Å²) in [6, 6.07) is 15.4. The molecule has 166 valence electrons.